The molecule has 2 aromatic carbocycles. The van der Waals surface area contributed by atoms with Crippen LogP contribution in [0.15, 0.2) is 46.9 Å². The Morgan fingerprint density at radius 3 is 2.58 bits per heavy atom. The van der Waals surface area contributed by atoms with E-state index in [-0.39, 0.29) is 6.61 Å². The monoisotopic (exact) mass is 326 g/mol. The standard InChI is InChI=1S/C19H22N2O3/c1-4-15(22)12-23-16-9-10-18-17(11-16)20-19(24-18)13-5-7-14(8-6-13)21(2)3/h5-11,15,22H,4,12H2,1-3H3/t15-/m0/s1. The first kappa shape index (κ1) is 16.3. The van der Waals surface area contributed by atoms with E-state index in [9.17, 15) is 5.11 Å². The molecule has 0 radical (unpaired) electrons. The van der Waals surface area contributed by atoms with E-state index in [2.05, 4.69) is 4.98 Å². The van der Waals surface area contributed by atoms with Crippen molar-refractivity contribution in [2.45, 2.75) is 19.4 Å². The number of aromatic nitrogens is 1. The molecular weight excluding hydrogens is 304 g/mol. The van der Waals surface area contributed by atoms with Crippen molar-refractivity contribution in [3.05, 3.63) is 42.5 Å². The summed E-state index contributed by atoms with van der Waals surface area (Å²) in [5.41, 5.74) is 3.51. The highest BCUT2D eigenvalue weighted by molar-refractivity contribution is 5.78. The predicted octanol–water partition coefficient (Wildman–Crippen LogP) is 3.71. The van der Waals surface area contributed by atoms with E-state index >= 15 is 0 Å². The third-order valence-corrected chi connectivity index (χ3v) is 3.90. The molecular formula is C19H22N2O3. The van der Waals surface area contributed by atoms with Crippen molar-refractivity contribution >= 4 is 16.8 Å². The van der Waals surface area contributed by atoms with Gasteiger partial charge in [0.2, 0.25) is 5.89 Å². The van der Waals surface area contributed by atoms with E-state index in [4.69, 9.17) is 9.15 Å². The summed E-state index contributed by atoms with van der Waals surface area (Å²) in [4.78, 5) is 6.59. The second-order valence-electron chi connectivity index (χ2n) is 5.96. The van der Waals surface area contributed by atoms with Crippen molar-refractivity contribution in [3.63, 3.8) is 0 Å². The Hall–Kier alpha value is -2.53. The molecule has 1 heterocycles. The number of benzene rings is 2. The number of aliphatic hydroxyl groups excluding tert-OH is 1. The van der Waals surface area contributed by atoms with Crippen molar-refractivity contribution in [1.29, 1.82) is 0 Å². The van der Waals surface area contributed by atoms with Gasteiger partial charge in [0.1, 0.15) is 17.9 Å². The zero-order valence-corrected chi connectivity index (χ0v) is 14.2. The number of aliphatic hydroxyl groups is 1. The van der Waals surface area contributed by atoms with Crippen LogP contribution in [0.2, 0.25) is 0 Å². The first-order valence-electron chi connectivity index (χ1n) is 8.06. The first-order chi connectivity index (χ1) is 11.6. The second kappa shape index (κ2) is 6.93. The molecule has 3 rings (SSSR count). The molecule has 126 valence electrons. The summed E-state index contributed by atoms with van der Waals surface area (Å²) in [5.74, 6) is 1.26. The number of rotatable bonds is 6. The van der Waals surface area contributed by atoms with Gasteiger partial charge < -0.3 is 19.2 Å². The number of ether oxygens (including phenoxy) is 1. The summed E-state index contributed by atoms with van der Waals surface area (Å²) >= 11 is 0. The van der Waals surface area contributed by atoms with Gasteiger partial charge in [-0.3, -0.25) is 0 Å². The third kappa shape index (κ3) is 3.51. The molecule has 0 saturated heterocycles. The molecule has 0 aliphatic heterocycles. The van der Waals surface area contributed by atoms with Crippen LogP contribution in [-0.4, -0.2) is 36.9 Å². The van der Waals surface area contributed by atoms with Gasteiger partial charge in [0, 0.05) is 31.4 Å². The molecule has 1 aromatic heterocycles. The van der Waals surface area contributed by atoms with E-state index in [1.807, 2.05) is 68.4 Å². The van der Waals surface area contributed by atoms with Gasteiger partial charge in [-0.05, 0) is 42.8 Å². The van der Waals surface area contributed by atoms with Gasteiger partial charge in [0.25, 0.3) is 0 Å². The Bertz CT molecular complexity index is 809. The number of oxazole rings is 1. The van der Waals surface area contributed by atoms with Gasteiger partial charge >= 0.3 is 0 Å². The number of anilines is 1. The summed E-state index contributed by atoms with van der Waals surface area (Å²) in [6.07, 6.45) is 0.211. The van der Waals surface area contributed by atoms with Crippen LogP contribution >= 0.6 is 0 Å². The molecule has 1 atom stereocenters. The Morgan fingerprint density at radius 1 is 1.17 bits per heavy atom. The Kier molecular flexibility index (Phi) is 4.71. The van der Waals surface area contributed by atoms with Gasteiger partial charge in [-0.1, -0.05) is 6.92 Å². The van der Waals surface area contributed by atoms with Gasteiger partial charge in [-0.15, -0.1) is 0 Å². The molecule has 0 spiro atoms. The fourth-order valence-electron chi connectivity index (χ4n) is 2.33. The van der Waals surface area contributed by atoms with Crippen LogP contribution in [0.3, 0.4) is 0 Å². The molecule has 5 heteroatoms. The summed E-state index contributed by atoms with van der Waals surface area (Å²) < 4.78 is 11.4. The summed E-state index contributed by atoms with van der Waals surface area (Å²) in [7, 11) is 4.01. The van der Waals surface area contributed by atoms with Gasteiger partial charge in [-0.2, -0.15) is 0 Å². The van der Waals surface area contributed by atoms with Crippen LogP contribution < -0.4 is 9.64 Å². The van der Waals surface area contributed by atoms with E-state index in [1.165, 1.54) is 0 Å². The fraction of sp³-hybridized carbons (Fsp3) is 0.316. The molecule has 24 heavy (non-hydrogen) atoms. The molecule has 0 amide bonds. The smallest absolute Gasteiger partial charge is 0.227 e. The molecule has 5 nitrogen and oxygen atoms in total. The predicted molar refractivity (Wildman–Crippen MR) is 95.6 cm³/mol. The highest BCUT2D eigenvalue weighted by atomic mass is 16.5. The van der Waals surface area contributed by atoms with E-state index < -0.39 is 6.10 Å². The SMILES string of the molecule is CC[C@H](O)COc1ccc2oc(-c3ccc(N(C)C)cc3)nc2c1. The minimum atomic E-state index is -0.455. The Morgan fingerprint density at radius 2 is 1.92 bits per heavy atom. The second-order valence-corrected chi connectivity index (χ2v) is 5.96. The maximum Gasteiger partial charge on any atom is 0.227 e. The summed E-state index contributed by atoms with van der Waals surface area (Å²) in [6.45, 7) is 2.20. The fourth-order valence-corrected chi connectivity index (χ4v) is 2.33. The zero-order chi connectivity index (χ0) is 17.1. The molecule has 3 aromatic rings. The quantitative estimate of drug-likeness (QED) is 0.748. The minimum absolute atomic E-state index is 0.277. The third-order valence-electron chi connectivity index (χ3n) is 3.90. The number of nitrogens with zero attached hydrogens (tertiary/aromatic N) is 2. The average Bonchev–Trinajstić information content (AvgIpc) is 3.03. The highest BCUT2D eigenvalue weighted by Gasteiger charge is 2.10. The molecule has 0 saturated carbocycles. The van der Waals surface area contributed by atoms with Crippen LogP contribution in [0.25, 0.3) is 22.6 Å². The molecule has 0 bridgehead atoms. The van der Waals surface area contributed by atoms with Gasteiger partial charge in [-0.25, -0.2) is 4.98 Å². The normalized spacial score (nSPS) is 12.3. The molecule has 0 aliphatic rings. The lowest BCUT2D eigenvalue weighted by molar-refractivity contribution is 0.104. The molecule has 0 unspecified atom stereocenters. The highest BCUT2D eigenvalue weighted by Crippen LogP contribution is 2.28. The number of fused-ring (bicyclic) bond motifs is 1. The van der Waals surface area contributed by atoms with Crippen LogP contribution in [0.5, 0.6) is 5.75 Å². The lowest BCUT2D eigenvalue weighted by Gasteiger charge is -2.11. The van der Waals surface area contributed by atoms with Crippen molar-refractivity contribution in [1.82, 2.24) is 4.98 Å². The Labute approximate surface area is 141 Å². The summed E-state index contributed by atoms with van der Waals surface area (Å²) in [6, 6.07) is 13.6. The van der Waals surface area contributed by atoms with E-state index in [1.54, 1.807) is 0 Å². The van der Waals surface area contributed by atoms with Crippen LogP contribution in [0.1, 0.15) is 13.3 Å². The molecule has 1 N–H and O–H groups in total. The Balaban J connectivity index is 1.83. The average molecular weight is 326 g/mol. The first-order valence-corrected chi connectivity index (χ1v) is 8.06. The van der Waals surface area contributed by atoms with Crippen LogP contribution in [-0.2, 0) is 0 Å². The van der Waals surface area contributed by atoms with Gasteiger partial charge in [0.05, 0.1) is 6.10 Å². The topological polar surface area (TPSA) is 58.7 Å². The van der Waals surface area contributed by atoms with Gasteiger partial charge in [0.15, 0.2) is 5.58 Å². The zero-order valence-electron chi connectivity index (χ0n) is 14.2. The van der Waals surface area contributed by atoms with Crippen molar-refractivity contribution in [3.8, 4) is 17.2 Å². The van der Waals surface area contributed by atoms with Crippen LogP contribution in [0.4, 0.5) is 5.69 Å². The van der Waals surface area contributed by atoms with Crippen molar-refractivity contribution < 1.29 is 14.3 Å². The van der Waals surface area contributed by atoms with Crippen molar-refractivity contribution in [2.75, 3.05) is 25.6 Å². The lowest BCUT2D eigenvalue weighted by atomic mass is 10.2. The summed E-state index contributed by atoms with van der Waals surface area (Å²) in [5, 5.41) is 9.58. The van der Waals surface area contributed by atoms with E-state index in [0.717, 1.165) is 16.8 Å². The van der Waals surface area contributed by atoms with Crippen LogP contribution in [0, 0.1) is 0 Å². The minimum Gasteiger partial charge on any atom is -0.491 e. The number of hydrogen-bond acceptors (Lipinski definition) is 5. The molecule has 0 aliphatic carbocycles. The van der Waals surface area contributed by atoms with Crippen molar-refractivity contribution in [2.24, 2.45) is 0 Å². The maximum absolute atomic E-state index is 9.58. The molecule has 0 fully saturated rings. The lowest BCUT2D eigenvalue weighted by Crippen LogP contribution is -2.15. The van der Waals surface area contributed by atoms with E-state index in [0.29, 0.717) is 23.6 Å². The number of hydrogen-bond donors (Lipinski definition) is 1. The largest absolute Gasteiger partial charge is 0.491 e. The maximum atomic E-state index is 9.58.